The molecule has 0 saturated heterocycles. The summed E-state index contributed by atoms with van der Waals surface area (Å²) in [6.45, 7) is 8.72. The lowest BCUT2D eigenvalue weighted by Crippen LogP contribution is -1.78. The molecule has 0 radical (unpaired) electrons. The molecule has 0 aliphatic carbocycles. The molecule has 0 aromatic carbocycles. The minimum Gasteiger partial charge on any atom is -0.293 e. The lowest BCUT2D eigenvalue weighted by molar-refractivity contribution is 0.841. The highest BCUT2D eigenvalue weighted by Gasteiger charge is 1.77. The highest BCUT2D eigenvalue weighted by atomic mass is 14.7. The zero-order valence-corrected chi connectivity index (χ0v) is 8.21. The molecule has 1 heteroatoms. The first-order valence-electron chi connectivity index (χ1n) is 4.57. The van der Waals surface area contributed by atoms with E-state index in [-0.39, 0.29) is 0 Å². The van der Waals surface area contributed by atoms with E-state index in [0.29, 0.717) is 0 Å². The second-order valence-electron chi connectivity index (χ2n) is 2.94. The fourth-order valence-electron chi connectivity index (χ4n) is 0.776. The topological polar surface area (TPSA) is 12.4 Å². The van der Waals surface area contributed by atoms with Gasteiger partial charge in [0.15, 0.2) is 0 Å². The maximum Gasteiger partial charge on any atom is 0.0569 e. The van der Waals surface area contributed by atoms with E-state index in [0.717, 1.165) is 18.5 Å². The van der Waals surface area contributed by atoms with E-state index in [4.69, 9.17) is 0 Å². The van der Waals surface area contributed by atoms with Crippen molar-refractivity contribution in [3.63, 3.8) is 0 Å². The van der Waals surface area contributed by atoms with Gasteiger partial charge in [-0.05, 0) is 26.0 Å². The Morgan fingerprint density at radius 1 is 1.50 bits per heavy atom. The van der Waals surface area contributed by atoms with Gasteiger partial charge >= 0.3 is 0 Å². The Hall–Kier alpha value is -0.850. The Labute approximate surface area is 75.9 Å². The quantitative estimate of drug-likeness (QED) is 0.325. The Morgan fingerprint density at radius 3 is 2.83 bits per heavy atom. The van der Waals surface area contributed by atoms with Gasteiger partial charge in [0.25, 0.3) is 0 Å². The van der Waals surface area contributed by atoms with E-state index in [9.17, 15) is 0 Å². The van der Waals surface area contributed by atoms with Crippen molar-refractivity contribution in [3.05, 3.63) is 24.3 Å². The Morgan fingerprint density at radius 2 is 2.25 bits per heavy atom. The molecule has 0 amide bonds. The number of hydrogen-bond acceptors (Lipinski definition) is 1. The molecule has 0 aliphatic heterocycles. The molecule has 0 heterocycles. The van der Waals surface area contributed by atoms with Crippen LogP contribution >= 0.6 is 0 Å². The van der Waals surface area contributed by atoms with E-state index in [2.05, 4.69) is 18.5 Å². The second kappa shape index (κ2) is 8.25. The highest BCUT2D eigenvalue weighted by molar-refractivity contribution is 5.57. The third-order valence-corrected chi connectivity index (χ3v) is 1.43. The summed E-state index contributed by atoms with van der Waals surface area (Å²) in [6.07, 6.45) is 9.63. The first kappa shape index (κ1) is 11.2. The second-order valence-corrected chi connectivity index (χ2v) is 2.94. The molecule has 1 nitrogen and oxygen atoms in total. The lowest BCUT2D eigenvalue weighted by atomic mass is 10.3. The van der Waals surface area contributed by atoms with Crippen LogP contribution in [0.5, 0.6) is 0 Å². The summed E-state index contributed by atoms with van der Waals surface area (Å²) in [4.78, 5) is 4.23. The van der Waals surface area contributed by atoms with E-state index < -0.39 is 0 Å². The average Bonchev–Trinajstić information content (AvgIpc) is 2.02. The first-order chi connectivity index (χ1) is 5.77. The van der Waals surface area contributed by atoms with Gasteiger partial charge in [-0.15, -0.1) is 0 Å². The molecule has 0 spiro atoms. The average molecular weight is 165 g/mol. The molecular weight excluding hydrogens is 146 g/mol. The smallest absolute Gasteiger partial charge is 0.0569 e. The van der Waals surface area contributed by atoms with Crippen molar-refractivity contribution in [2.45, 2.75) is 33.1 Å². The molecule has 0 bridgehead atoms. The predicted molar refractivity (Wildman–Crippen MR) is 56.8 cm³/mol. The van der Waals surface area contributed by atoms with Gasteiger partial charge in [0.1, 0.15) is 0 Å². The highest BCUT2D eigenvalue weighted by Crippen LogP contribution is 1.91. The van der Waals surface area contributed by atoms with Gasteiger partial charge in [0, 0.05) is 0 Å². The van der Waals surface area contributed by atoms with Crippen molar-refractivity contribution in [3.8, 4) is 0 Å². The normalized spacial score (nSPS) is 11.5. The minimum absolute atomic E-state index is 0.788. The molecule has 0 aliphatic rings. The summed E-state index contributed by atoms with van der Waals surface area (Å²) < 4.78 is 0. The van der Waals surface area contributed by atoms with Crippen LogP contribution in [0.15, 0.2) is 29.3 Å². The van der Waals surface area contributed by atoms with Gasteiger partial charge in [-0.2, -0.15) is 0 Å². The van der Waals surface area contributed by atoms with Crippen LogP contribution in [0.2, 0.25) is 0 Å². The zero-order chi connectivity index (χ0) is 9.23. The molecule has 0 N–H and O–H groups in total. The van der Waals surface area contributed by atoms with Crippen LogP contribution in [0.1, 0.15) is 33.1 Å². The van der Waals surface area contributed by atoms with Crippen molar-refractivity contribution >= 4 is 6.21 Å². The Balaban J connectivity index is 3.29. The molecule has 0 atom stereocenters. The predicted octanol–water partition coefficient (Wildman–Crippen LogP) is 3.38. The van der Waals surface area contributed by atoms with Crippen molar-refractivity contribution in [1.82, 2.24) is 0 Å². The van der Waals surface area contributed by atoms with E-state index in [1.165, 1.54) is 12.8 Å². The molecule has 0 rings (SSSR count). The van der Waals surface area contributed by atoms with Crippen molar-refractivity contribution in [2.75, 3.05) is 6.54 Å². The fraction of sp³-hybridized carbons (Fsp3) is 0.545. The summed E-state index contributed by atoms with van der Waals surface area (Å²) in [6, 6.07) is 0. The maximum absolute atomic E-state index is 4.23. The molecule has 0 aromatic rings. The van der Waals surface area contributed by atoms with E-state index >= 15 is 0 Å². The van der Waals surface area contributed by atoms with Crippen LogP contribution in [0, 0.1) is 0 Å². The monoisotopic (exact) mass is 165 g/mol. The van der Waals surface area contributed by atoms with Gasteiger partial charge in [0.05, 0.1) is 6.54 Å². The van der Waals surface area contributed by atoms with Crippen LogP contribution in [0.4, 0.5) is 0 Å². The standard InChI is InChI=1S/C11H19N/c1-4-5-6-9-12-10-7-8-11(2)3/h7-9H,2,4-6,10H2,1,3H3/b8-7-,12-9?. The summed E-state index contributed by atoms with van der Waals surface area (Å²) in [5.41, 5.74) is 1.08. The van der Waals surface area contributed by atoms with Crippen LogP contribution in [-0.4, -0.2) is 12.8 Å². The summed E-state index contributed by atoms with van der Waals surface area (Å²) in [5, 5.41) is 0. The number of rotatable bonds is 6. The van der Waals surface area contributed by atoms with Crippen LogP contribution < -0.4 is 0 Å². The van der Waals surface area contributed by atoms with Gasteiger partial charge in [-0.3, -0.25) is 4.99 Å². The largest absolute Gasteiger partial charge is 0.293 e. The number of nitrogens with zero attached hydrogens (tertiary/aromatic N) is 1. The van der Waals surface area contributed by atoms with E-state index in [1.807, 2.05) is 25.3 Å². The van der Waals surface area contributed by atoms with Crippen molar-refractivity contribution in [1.29, 1.82) is 0 Å². The molecule has 0 fully saturated rings. The van der Waals surface area contributed by atoms with Gasteiger partial charge in [-0.25, -0.2) is 0 Å². The van der Waals surface area contributed by atoms with E-state index in [1.54, 1.807) is 0 Å². The van der Waals surface area contributed by atoms with Crippen molar-refractivity contribution in [2.24, 2.45) is 4.99 Å². The van der Waals surface area contributed by atoms with Gasteiger partial charge in [0.2, 0.25) is 0 Å². The SMILES string of the molecule is C=C(C)/C=C\CN=CCCCC. The van der Waals surface area contributed by atoms with Crippen molar-refractivity contribution < 1.29 is 0 Å². The number of unbranched alkanes of at least 4 members (excludes halogenated alkanes) is 2. The first-order valence-corrected chi connectivity index (χ1v) is 4.57. The molecule has 12 heavy (non-hydrogen) atoms. The Bertz CT molecular complexity index is 166. The lowest BCUT2D eigenvalue weighted by Gasteiger charge is -1.87. The molecule has 0 aromatic heterocycles. The number of aliphatic imine (C=N–C) groups is 1. The van der Waals surface area contributed by atoms with Crippen LogP contribution in [-0.2, 0) is 0 Å². The molecule has 68 valence electrons. The zero-order valence-electron chi connectivity index (χ0n) is 8.21. The summed E-state index contributed by atoms with van der Waals surface area (Å²) in [5.74, 6) is 0. The summed E-state index contributed by atoms with van der Waals surface area (Å²) >= 11 is 0. The Kier molecular flexibility index (Phi) is 7.66. The van der Waals surface area contributed by atoms with Crippen LogP contribution in [0.3, 0.4) is 0 Å². The van der Waals surface area contributed by atoms with Gasteiger partial charge < -0.3 is 0 Å². The summed E-state index contributed by atoms with van der Waals surface area (Å²) in [7, 11) is 0. The van der Waals surface area contributed by atoms with Crippen LogP contribution in [0.25, 0.3) is 0 Å². The third kappa shape index (κ3) is 9.15. The molecule has 0 saturated carbocycles. The molecular formula is C11H19N. The number of hydrogen-bond donors (Lipinski definition) is 0. The van der Waals surface area contributed by atoms with Gasteiger partial charge in [-0.1, -0.05) is 37.6 Å². The third-order valence-electron chi connectivity index (χ3n) is 1.43. The minimum atomic E-state index is 0.788. The maximum atomic E-state index is 4.23. The molecule has 0 unspecified atom stereocenters. The fourth-order valence-corrected chi connectivity index (χ4v) is 0.776. The number of allylic oxidation sites excluding steroid dienone is 2.